The molecule has 268 valence electrons. The number of carbonyl (C=O) groups is 1. The molecule has 9 heteroatoms. The van der Waals surface area contributed by atoms with Crippen molar-refractivity contribution in [1.82, 2.24) is 4.90 Å². The standard InChI is InChI=1S/C40H55NO7S/c1-26(2)32-22-35(27(3)4)39(36(23-32)28(5)6)30(8)48-38-20-21-41(40(43)46-24-31-12-10-9-11-13-31)37(38)19-16-33(42)25-47-49(44,45)34-17-14-29(7)15-18-34/h9-15,17-18,22-23,26-28,30,33,37-38,42H,16,19-21,24-25H2,1-8H3/t30-,33?,37+,38+/m1/s1. The smallest absolute Gasteiger partial charge is 0.410 e. The van der Waals surface area contributed by atoms with E-state index in [9.17, 15) is 18.3 Å². The number of aryl methyl sites for hydroxylation is 1. The molecule has 4 rings (SSSR count). The third-order valence-electron chi connectivity index (χ3n) is 9.41. The number of aliphatic hydroxyl groups is 1. The minimum atomic E-state index is -4.02. The van der Waals surface area contributed by atoms with E-state index in [4.69, 9.17) is 13.7 Å². The van der Waals surface area contributed by atoms with E-state index >= 15 is 0 Å². The Balaban J connectivity index is 1.53. The van der Waals surface area contributed by atoms with Crippen molar-refractivity contribution in [2.45, 2.75) is 128 Å². The van der Waals surface area contributed by atoms with E-state index in [1.807, 2.05) is 37.3 Å². The zero-order valence-electron chi connectivity index (χ0n) is 30.4. The van der Waals surface area contributed by atoms with Crippen LogP contribution >= 0.6 is 0 Å². The van der Waals surface area contributed by atoms with Gasteiger partial charge in [-0.25, -0.2) is 4.79 Å². The fourth-order valence-corrected chi connectivity index (χ4v) is 7.50. The molecule has 3 aromatic carbocycles. The maximum atomic E-state index is 13.5. The van der Waals surface area contributed by atoms with E-state index in [1.165, 1.54) is 34.4 Å². The number of carbonyl (C=O) groups excluding carboxylic acids is 1. The molecule has 0 aliphatic carbocycles. The first kappa shape index (κ1) is 38.6. The summed E-state index contributed by atoms with van der Waals surface area (Å²) in [6.45, 7) is 17.5. The molecule has 1 fully saturated rings. The normalized spacial score (nSPS) is 18.0. The van der Waals surface area contributed by atoms with Gasteiger partial charge in [0, 0.05) is 6.54 Å². The van der Waals surface area contributed by atoms with Gasteiger partial charge in [-0.2, -0.15) is 8.42 Å². The van der Waals surface area contributed by atoms with Crippen LogP contribution in [-0.4, -0.2) is 55.9 Å². The van der Waals surface area contributed by atoms with Crippen LogP contribution in [0, 0.1) is 6.92 Å². The summed E-state index contributed by atoms with van der Waals surface area (Å²) in [5.41, 5.74) is 6.89. The van der Waals surface area contributed by atoms with Gasteiger partial charge in [0.05, 0.1) is 35.9 Å². The van der Waals surface area contributed by atoms with Crippen molar-refractivity contribution in [3.8, 4) is 0 Å². The Hall–Kier alpha value is -3.24. The van der Waals surface area contributed by atoms with Gasteiger partial charge in [0.2, 0.25) is 0 Å². The molecule has 0 saturated carbocycles. The number of ether oxygens (including phenoxy) is 2. The molecule has 49 heavy (non-hydrogen) atoms. The average Bonchev–Trinajstić information content (AvgIpc) is 3.47. The highest BCUT2D eigenvalue weighted by Gasteiger charge is 2.40. The second kappa shape index (κ2) is 17.1. The Kier molecular flexibility index (Phi) is 13.5. The highest BCUT2D eigenvalue weighted by Crippen LogP contribution is 2.39. The number of benzene rings is 3. The zero-order valence-corrected chi connectivity index (χ0v) is 31.2. The van der Waals surface area contributed by atoms with Gasteiger partial charge in [-0.15, -0.1) is 0 Å². The van der Waals surface area contributed by atoms with Crippen molar-refractivity contribution in [3.05, 3.63) is 100 Å². The fraction of sp³-hybridized carbons (Fsp3) is 0.525. The van der Waals surface area contributed by atoms with E-state index < -0.39 is 22.3 Å². The second-order valence-corrected chi connectivity index (χ2v) is 15.9. The molecule has 3 aromatic rings. The van der Waals surface area contributed by atoms with E-state index in [2.05, 4.69) is 60.6 Å². The van der Waals surface area contributed by atoms with Crippen LogP contribution in [0.25, 0.3) is 0 Å². The van der Waals surface area contributed by atoms with Crippen LogP contribution in [0.15, 0.2) is 71.6 Å². The second-order valence-electron chi connectivity index (χ2n) is 14.3. The molecule has 1 unspecified atom stereocenters. The van der Waals surface area contributed by atoms with Crippen LogP contribution in [0.4, 0.5) is 4.79 Å². The first-order valence-electron chi connectivity index (χ1n) is 17.6. The maximum absolute atomic E-state index is 13.5. The number of hydrogen-bond acceptors (Lipinski definition) is 7. The Morgan fingerprint density at radius 2 is 1.51 bits per heavy atom. The SMILES string of the molecule is Cc1ccc(S(=O)(=O)OCC(O)CC[C@H]2[C@@H](O[C@H](C)c3c(C(C)C)cc(C(C)C)cc3C(C)C)CCN2C(=O)OCc2ccccc2)cc1. The summed E-state index contributed by atoms with van der Waals surface area (Å²) < 4.78 is 43.3. The van der Waals surface area contributed by atoms with E-state index in [0.717, 1.165) is 11.1 Å². The van der Waals surface area contributed by atoms with Gasteiger partial charge >= 0.3 is 6.09 Å². The lowest BCUT2D eigenvalue weighted by atomic mass is 9.82. The molecule has 0 radical (unpaired) electrons. The van der Waals surface area contributed by atoms with Crippen LogP contribution in [-0.2, 0) is 30.4 Å². The Morgan fingerprint density at radius 1 is 0.898 bits per heavy atom. The Morgan fingerprint density at radius 3 is 2.08 bits per heavy atom. The highest BCUT2D eigenvalue weighted by atomic mass is 32.2. The number of likely N-dealkylation sites (tertiary alicyclic amines) is 1. The lowest BCUT2D eigenvalue weighted by Gasteiger charge is -2.32. The number of rotatable bonds is 15. The van der Waals surface area contributed by atoms with Crippen molar-refractivity contribution in [2.75, 3.05) is 13.2 Å². The molecule has 0 aromatic heterocycles. The Labute approximate surface area is 293 Å². The molecule has 1 saturated heterocycles. The first-order chi connectivity index (χ1) is 23.2. The predicted octanol–water partition coefficient (Wildman–Crippen LogP) is 8.77. The maximum Gasteiger partial charge on any atom is 0.410 e. The zero-order chi connectivity index (χ0) is 35.9. The van der Waals surface area contributed by atoms with Gasteiger partial charge < -0.3 is 19.5 Å². The molecule has 1 heterocycles. The molecule has 1 aliphatic rings. The molecular formula is C40H55NO7S. The monoisotopic (exact) mass is 693 g/mol. The summed E-state index contributed by atoms with van der Waals surface area (Å²) in [6.07, 6.45) is -0.848. The van der Waals surface area contributed by atoms with Gasteiger partial charge in [0.25, 0.3) is 10.1 Å². The number of amides is 1. The summed E-state index contributed by atoms with van der Waals surface area (Å²) in [5.74, 6) is 0.997. The summed E-state index contributed by atoms with van der Waals surface area (Å²) in [7, 11) is -4.02. The fourth-order valence-electron chi connectivity index (χ4n) is 6.55. The number of aliphatic hydroxyl groups excluding tert-OH is 1. The van der Waals surface area contributed by atoms with Crippen molar-refractivity contribution >= 4 is 16.2 Å². The lowest BCUT2D eigenvalue weighted by Crippen LogP contribution is -2.41. The molecule has 8 nitrogen and oxygen atoms in total. The van der Waals surface area contributed by atoms with E-state index in [-0.39, 0.29) is 42.8 Å². The van der Waals surface area contributed by atoms with Crippen LogP contribution < -0.4 is 0 Å². The summed E-state index contributed by atoms with van der Waals surface area (Å²) in [6, 6.07) is 20.2. The highest BCUT2D eigenvalue weighted by molar-refractivity contribution is 7.86. The van der Waals surface area contributed by atoms with Crippen LogP contribution in [0.2, 0.25) is 0 Å². The van der Waals surface area contributed by atoms with Crippen molar-refractivity contribution < 1.29 is 32.0 Å². The van der Waals surface area contributed by atoms with Crippen molar-refractivity contribution in [2.24, 2.45) is 0 Å². The molecule has 1 amide bonds. The van der Waals surface area contributed by atoms with Gasteiger partial charge in [-0.1, -0.05) is 102 Å². The molecule has 1 aliphatic heterocycles. The number of hydrogen-bond donors (Lipinski definition) is 1. The van der Waals surface area contributed by atoms with Gasteiger partial charge in [-0.3, -0.25) is 4.18 Å². The van der Waals surface area contributed by atoms with E-state index in [1.54, 1.807) is 17.0 Å². The molecule has 1 N–H and O–H groups in total. The number of nitrogens with zero attached hydrogens (tertiary/aromatic N) is 1. The largest absolute Gasteiger partial charge is 0.445 e. The summed E-state index contributed by atoms with van der Waals surface area (Å²) in [4.78, 5) is 15.2. The first-order valence-corrected chi connectivity index (χ1v) is 19.0. The predicted molar refractivity (Wildman–Crippen MR) is 193 cm³/mol. The molecule has 0 bridgehead atoms. The molecule has 4 atom stereocenters. The van der Waals surface area contributed by atoms with Crippen LogP contribution in [0.1, 0.15) is 125 Å². The van der Waals surface area contributed by atoms with Crippen LogP contribution in [0.5, 0.6) is 0 Å². The Bertz CT molecular complexity index is 1590. The van der Waals surface area contributed by atoms with Crippen LogP contribution in [0.3, 0.4) is 0 Å². The minimum Gasteiger partial charge on any atom is -0.445 e. The topological polar surface area (TPSA) is 102 Å². The molecular weight excluding hydrogens is 639 g/mol. The lowest BCUT2D eigenvalue weighted by molar-refractivity contribution is -0.0282. The average molecular weight is 694 g/mol. The third kappa shape index (κ3) is 10.2. The van der Waals surface area contributed by atoms with Crippen molar-refractivity contribution in [1.29, 1.82) is 0 Å². The quantitative estimate of drug-likeness (QED) is 0.159. The van der Waals surface area contributed by atoms with Gasteiger partial charge in [0.15, 0.2) is 0 Å². The van der Waals surface area contributed by atoms with Gasteiger partial charge in [0.1, 0.15) is 6.61 Å². The summed E-state index contributed by atoms with van der Waals surface area (Å²) >= 11 is 0. The molecule has 0 spiro atoms. The third-order valence-corrected chi connectivity index (χ3v) is 10.7. The van der Waals surface area contributed by atoms with E-state index in [0.29, 0.717) is 37.1 Å². The van der Waals surface area contributed by atoms with Crippen molar-refractivity contribution in [3.63, 3.8) is 0 Å². The van der Waals surface area contributed by atoms with Gasteiger partial charge in [-0.05, 0) is 90.8 Å². The summed E-state index contributed by atoms with van der Waals surface area (Å²) in [5, 5.41) is 10.9. The minimum absolute atomic E-state index is 0.0406.